The fraction of sp³-hybridized carbons (Fsp3) is 0.294. The van der Waals surface area contributed by atoms with E-state index in [-0.39, 0.29) is 0 Å². The van der Waals surface area contributed by atoms with Crippen molar-refractivity contribution in [3.05, 3.63) is 34.4 Å². The third-order valence-corrected chi connectivity index (χ3v) is 5.16. The summed E-state index contributed by atoms with van der Waals surface area (Å²) >= 11 is 1.56. The van der Waals surface area contributed by atoms with Crippen molar-refractivity contribution in [1.29, 1.82) is 5.41 Å². The average molecular weight is 381 g/mol. The van der Waals surface area contributed by atoms with Gasteiger partial charge in [0.2, 0.25) is 5.65 Å². The molecule has 4 aromatic heterocycles. The lowest BCUT2D eigenvalue weighted by Gasteiger charge is -2.01. The largest absolute Gasteiger partial charge is 0.384 e. The van der Waals surface area contributed by atoms with Crippen LogP contribution in [0, 0.1) is 5.41 Å². The third kappa shape index (κ3) is 3.31. The summed E-state index contributed by atoms with van der Waals surface area (Å²) in [7, 11) is 0. The molecule has 0 radical (unpaired) electrons. The minimum atomic E-state index is 0.511. The highest BCUT2D eigenvalue weighted by Crippen LogP contribution is 2.27. The van der Waals surface area contributed by atoms with E-state index in [1.165, 1.54) is 6.21 Å². The Morgan fingerprint density at radius 3 is 2.93 bits per heavy atom. The molecule has 0 bridgehead atoms. The zero-order valence-corrected chi connectivity index (χ0v) is 15.9. The smallest absolute Gasteiger partial charge is 0.221 e. The van der Waals surface area contributed by atoms with Crippen LogP contribution in [0.3, 0.4) is 0 Å². The van der Waals surface area contributed by atoms with Crippen LogP contribution in [-0.2, 0) is 13.1 Å². The van der Waals surface area contributed by atoms with Crippen molar-refractivity contribution in [3.8, 4) is 11.3 Å². The number of fused-ring (bicyclic) bond motifs is 1. The van der Waals surface area contributed by atoms with Crippen molar-refractivity contribution >= 4 is 34.5 Å². The van der Waals surface area contributed by atoms with E-state index in [4.69, 9.17) is 10.4 Å². The number of thiophene rings is 1. The van der Waals surface area contributed by atoms with Gasteiger partial charge >= 0.3 is 0 Å². The first kappa shape index (κ1) is 17.3. The van der Waals surface area contributed by atoms with Crippen LogP contribution in [0.25, 0.3) is 22.6 Å². The second-order valence-corrected chi connectivity index (χ2v) is 7.07. The predicted octanol–water partition coefficient (Wildman–Crippen LogP) is 2.64. The van der Waals surface area contributed by atoms with E-state index in [1.807, 2.05) is 30.8 Å². The Balaban J connectivity index is 1.68. The van der Waals surface area contributed by atoms with Crippen LogP contribution in [0.5, 0.6) is 0 Å². The Morgan fingerprint density at radius 2 is 2.19 bits per heavy atom. The molecule has 0 atom stereocenters. The van der Waals surface area contributed by atoms with Gasteiger partial charge in [-0.1, -0.05) is 5.21 Å². The Hall–Kier alpha value is -3.14. The van der Waals surface area contributed by atoms with Crippen molar-refractivity contribution in [2.24, 2.45) is 0 Å². The summed E-state index contributed by atoms with van der Waals surface area (Å²) in [6.45, 7) is 6.21. The Kier molecular flexibility index (Phi) is 4.63. The summed E-state index contributed by atoms with van der Waals surface area (Å²) in [6, 6.07) is 2.05. The first-order valence-corrected chi connectivity index (χ1v) is 9.49. The molecule has 0 unspecified atom stereocenters. The fourth-order valence-corrected chi connectivity index (χ4v) is 3.73. The van der Waals surface area contributed by atoms with E-state index in [9.17, 15) is 0 Å². The second-order valence-electron chi connectivity index (χ2n) is 5.90. The van der Waals surface area contributed by atoms with Crippen molar-refractivity contribution < 1.29 is 0 Å². The molecule has 4 rings (SSSR count). The number of hydrogen-bond acceptors (Lipinski definition) is 8. The maximum Gasteiger partial charge on any atom is 0.221 e. The van der Waals surface area contributed by atoms with E-state index in [2.05, 4.69) is 25.7 Å². The van der Waals surface area contributed by atoms with Crippen molar-refractivity contribution in [1.82, 2.24) is 34.7 Å². The topological polar surface area (TPSA) is 110 Å². The van der Waals surface area contributed by atoms with Crippen LogP contribution in [0.1, 0.15) is 23.6 Å². The number of hydrogen-bond donors (Lipinski definition) is 2. The zero-order valence-electron chi connectivity index (χ0n) is 15.0. The molecule has 0 spiro atoms. The monoisotopic (exact) mass is 381 g/mol. The molecule has 2 N–H and O–H groups in total. The second kappa shape index (κ2) is 7.23. The van der Waals surface area contributed by atoms with Gasteiger partial charge in [0.1, 0.15) is 0 Å². The molecule has 9 nitrogen and oxygen atoms in total. The van der Waals surface area contributed by atoms with E-state index in [1.54, 1.807) is 28.4 Å². The fourth-order valence-electron chi connectivity index (χ4n) is 2.79. The predicted molar refractivity (Wildman–Crippen MR) is 105 cm³/mol. The first-order chi connectivity index (χ1) is 13.2. The van der Waals surface area contributed by atoms with E-state index in [0.717, 1.165) is 39.8 Å². The summed E-state index contributed by atoms with van der Waals surface area (Å²) in [6.07, 6.45) is 6.79. The number of nitrogens with zero attached hydrogens (tertiary/aromatic N) is 7. The van der Waals surface area contributed by atoms with Crippen molar-refractivity contribution in [3.63, 3.8) is 0 Å². The van der Waals surface area contributed by atoms with Crippen LogP contribution in [0.15, 0.2) is 24.7 Å². The number of nitrogens with one attached hydrogen (secondary N) is 2. The minimum Gasteiger partial charge on any atom is -0.384 e. The molecular formula is C17H19N9S. The molecule has 0 aliphatic rings. The lowest BCUT2D eigenvalue weighted by molar-refractivity contribution is 0.660. The van der Waals surface area contributed by atoms with Gasteiger partial charge in [0, 0.05) is 35.9 Å². The molecule has 0 saturated heterocycles. The van der Waals surface area contributed by atoms with Gasteiger partial charge in [-0.05, 0) is 19.9 Å². The SMILES string of the molecule is CCNc1cc(Cn2nnc3ncc(-c4cnn(CC)c4)nc32)sc1C=N. The molecule has 4 aromatic rings. The molecule has 138 valence electrons. The van der Waals surface area contributed by atoms with Crippen LogP contribution < -0.4 is 5.32 Å². The van der Waals surface area contributed by atoms with Gasteiger partial charge in [0.05, 0.1) is 35.2 Å². The summed E-state index contributed by atoms with van der Waals surface area (Å²) < 4.78 is 3.59. The molecule has 27 heavy (non-hydrogen) atoms. The molecule has 0 aliphatic heterocycles. The molecule has 10 heteroatoms. The molecule has 0 aliphatic carbocycles. The highest BCUT2D eigenvalue weighted by molar-refractivity contribution is 7.14. The third-order valence-electron chi connectivity index (χ3n) is 4.10. The van der Waals surface area contributed by atoms with Gasteiger partial charge < -0.3 is 10.7 Å². The molecule has 4 heterocycles. The van der Waals surface area contributed by atoms with Crippen molar-refractivity contribution in [2.45, 2.75) is 26.9 Å². The number of aromatic nitrogens is 7. The summed E-state index contributed by atoms with van der Waals surface area (Å²) in [5, 5.41) is 23.5. The number of anilines is 1. The maximum absolute atomic E-state index is 7.58. The van der Waals surface area contributed by atoms with Crippen LogP contribution in [0.4, 0.5) is 5.69 Å². The number of aryl methyl sites for hydroxylation is 1. The lowest BCUT2D eigenvalue weighted by atomic mass is 10.3. The van der Waals surface area contributed by atoms with Gasteiger partial charge in [0.15, 0.2) is 5.65 Å². The Bertz CT molecular complexity index is 1090. The quantitative estimate of drug-likeness (QED) is 0.476. The molecule has 0 aromatic carbocycles. The van der Waals surface area contributed by atoms with Gasteiger partial charge in [0.25, 0.3) is 0 Å². The summed E-state index contributed by atoms with van der Waals surface area (Å²) in [5.41, 5.74) is 3.76. The zero-order chi connectivity index (χ0) is 18.8. The molecule has 0 fully saturated rings. The average Bonchev–Trinajstić information content (AvgIpc) is 3.41. The van der Waals surface area contributed by atoms with Crippen molar-refractivity contribution in [2.75, 3.05) is 11.9 Å². The maximum atomic E-state index is 7.58. The van der Waals surface area contributed by atoms with Gasteiger partial charge in [-0.3, -0.25) is 4.68 Å². The Morgan fingerprint density at radius 1 is 1.30 bits per heavy atom. The summed E-state index contributed by atoms with van der Waals surface area (Å²) in [4.78, 5) is 11.1. The van der Waals surface area contributed by atoms with Crippen LogP contribution in [0.2, 0.25) is 0 Å². The Labute approximate surface area is 159 Å². The molecule has 0 saturated carbocycles. The van der Waals surface area contributed by atoms with E-state index >= 15 is 0 Å². The molecular weight excluding hydrogens is 362 g/mol. The van der Waals surface area contributed by atoms with E-state index in [0.29, 0.717) is 17.8 Å². The first-order valence-electron chi connectivity index (χ1n) is 8.68. The van der Waals surface area contributed by atoms with Crippen LogP contribution >= 0.6 is 11.3 Å². The van der Waals surface area contributed by atoms with Gasteiger partial charge in [-0.2, -0.15) is 5.10 Å². The van der Waals surface area contributed by atoms with Crippen LogP contribution in [-0.4, -0.2) is 47.5 Å². The summed E-state index contributed by atoms with van der Waals surface area (Å²) in [5.74, 6) is 0. The highest BCUT2D eigenvalue weighted by atomic mass is 32.1. The minimum absolute atomic E-state index is 0.511. The lowest BCUT2D eigenvalue weighted by Crippen LogP contribution is -2.02. The highest BCUT2D eigenvalue weighted by Gasteiger charge is 2.13. The van der Waals surface area contributed by atoms with Gasteiger partial charge in [-0.15, -0.1) is 16.4 Å². The van der Waals surface area contributed by atoms with E-state index < -0.39 is 0 Å². The molecule has 0 amide bonds. The number of rotatable bonds is 7. The normalized spacial score (nSPS) is 11.2. The standard InChI is InChI=1S/C17H19N9S/c1-3-19-13-5-12(27-15(13)6-18)10-26-17-16(23-24-26)20-8-14(22-17)11-7-21-25(4-2)9-11/h5-9,18-19H,3-4,10H2,1-2H3. The van der Waals surface area contributed by atoms with Gasteiger partial charge in [-0.25, -0.2) is 14.6 Å².